The number of Topliss-reactive ketones (excluding diaryl/α,β-unsaturated/α-hetero) is 1. The largest absolute Gasteiger partial charge is 0.384 e. The van der Waals surface area contributed by atoms with Gasteiger partial charge in [-0.25, -0.2) is 4.39 Å². The van der Waals surface area contributed by atoms with Gasteiger partial charge in [-0.3, -0.25) is 9.69 Å². The van der Waals surface area contributed by atoms with Crippen LogP contribution in [0, 0.1) is 43.3 Å². The summed E-state index contributed by atoms with van der Waals surface area (Å²) in [5, 5.41) is 10.5. The van der Waals surface area contributed by atoms with E-state index >= 15 is 4.39 Å². The van der Waals surface area contributed by atoms with E-state index in [0.717, 1.165) is 28.0 Å². The van der Waals surface area contributed by atoms with E-state index in [1.165, 1.54) is 16.5 Å². The number of allylic oxidation sites excluding steroid dienone is 3. The van der Waals surface area contributed by atoms with Crippen LogP contribution < -0.4 is 10.6 Å². The van der Waals surface area contributed by atoms with Crippen molar-refractivity contribution in [3.63, 3.8) is 0 Å². The SMILES string of the molecule is Cc1ccc(SCc2cc(C)cc(C3C(C#N)=C(N)N(c4ccc(Br)cc4F)C4=C3C(=O)CC(C)(C)C4)c2C)cc1. The van der Waals surface area contributed by atoms with Gasteiger partial charge in [0.2, 0.25) is 0 Å². The van der Waals surface area contributed by atoms with Crippen LogP contribution in [-0.2, 0) is 10.5 Å². The van der Waals surface area contributed by atoms with Gasteiger partial charge in [-0.05, 0) is 79.6 Å². The van der Waals surface area contributed by atoms with Gasteiger partial charge in [0.05, 0.1) is 23.2 Å². The van der Waals surface area contributed by atoms with E-state index in [0.29, 0.717) is 28.6 Å². The molecule has 0 fully saturated rings. The smallest absolute Gasteiger partial charge is 0.162 e. The number of rotatable bonds is 5. The first-order valence-electron chi connectivity index (χ1n) is 13.6. The van der Waals surface area contributed by atoms with Gasteiger partial charge in [0, 0.05) is 32.8 Å². The van der Waals surface area contributed by atoms with Crippen LogP contribution in [0.4, 0.5) is 10.1 Å². The predicted molar refractivity (Wildman–Crippen MR) is 168 cm³/mol. The maximum Gasteiger partial charge on any atom is 0.162 e. The van der Waals surface area contributed by atoms with E-state index in [9.17, 15) is 10.1 Å². The fraction of sp³-hybridized carbons (Fsp3) is 0.294. The van der Waals surface area contributed by atoms with Crippen molar-refractivity contribution in [1.29, 1.82) is 5.26 Å². The molecule has 4 nitrogen and oxygen atoms in total. The van der Waals surface area contributed by atoms with Gasteiger partial charge < -0.3 is 5.73 Å². The minimum Gasteiger partial charge on any atom is -0.384 e. The van der Waals surface area contributed by atoms with E-state index in [4.69, 9.17) is 5.73 Å². The number of aryl methyl sites for hydroxylation is 2. The molecule has 2 N–H and O–H groups in total. The number of nitrogens with zero attached hydrogens (tertiary/aromatic N) is 2. The molecule has 1 aliphatic carbocycles. The molecule has 0 saturated heterocycles. The van der Waals surface area contributed by atoms with Gasteiger partial charge in [-0.15, -0.1) is 11.8 Å². The number of nitrogens with two attached hydrogens (primary N) is 1. The number of ketones is 1. The van der Waals surface area contributed by atoms with Gasteiger partial charge in [0.1, 0.15) is 11.6 Å². The van der Waals surface area contributed by atoms with Crippen molar-refractivity contribution in [3.8, 4) is 6.07 Å². The Balaban J connectivity index is 1.68. The van der Waals surface area contributed by atoms with Crippen molar-refractivity contribution in [1.82, 2.24) is 0 Å². The summed E-state index contributed by atoms with van der Waals surface area (Å²) in [5.74, 6) is -0.209. The van der Waals surface area contributed by atoms with E-state index in [1.807, 2.05) is 20.8 Å². The predicted octanol–water partition coefficient (Wildman–Crippen LogP) is 8.75. The molecular weight excluding hydrogens is 597 g/mol. The van der Waals surface area contributed by atoms with Crippen LogP contribution in [0.1, 0.15) is 60.4 Å². The van der Waals surface area contributed by atoms with Crippen LogP contribution in [-0.4, -0.2) is 5.78 Å². The Hall–Kier alpha value is -3.34. The third kappa shape index (κ3) is 5.60. The Morgan fingerprint density at radius 3 is 2.44 bits per heavy atom. The standard InChI is InChI=1S/C34H33BrFN3OS/c1-19-6-9-24(10-7-19)41-18-22-12-20(2)13-25(21(22)3)31-26(17-37)33(38)39(28-11-8-23(35)14-27(28)36)29-15-34(4,5)16-30(40)32(29)31/h6-14,31H,15-16,18,38H2,1-5H3. The Morgan fingerprint density at radius 2 is 1.78 bits per heavy atom. The Bertz CT molecular complexity index is 1670. The molecule has 0 amide bonds. The average molecular weight is 631 g/mol. The lowest BCUT2D eigenvalue weighted by Gasteiger charge is -2.44. The molecule has 5 rings (SSSR count). The molecule has 1 heterocycles. The maximum atomic E-state index is 15.4. The number of benzene rings is 3. The third-order valence-electron chi connectivity index (χ3n) is 7.96. The number of nitriles is 1. The zero-order valence-corrected chi connectivity index (χ0v) is 26.3. The van der Waals surface area contributed by atoms with Crippen molar-refractivity contribution >= 4 is 39.2 Å². The number of carbonyl (C=O) groups excluding carboxylic acids is 1. The van der Waals surface area contributed by atoms with Gasteiger partial charge in [0.25, 0.3) is 0 Å². The maximum absolute atomic E-state index is 15.4. The zero-order chi connectivity index (χ0) is 29.6. The fourth-order valence-electron chi connectivity index (χ4n) is 5.97. The number of halogens is 2. The van der Waals surface area contributed by atoms with Crippen LogP contribution in [0.3, 0.4) is 0 Å². The molecule has 3 aromatic carbocycles. The molecule has 1 unspecified atom stereocenters. The van der Waals surface area contributed by atoms with Crippen LogP contribution in [0.2, 0.25) is 0 Å². The highest BCUT2D eigenvalue weighted by molar-refractivity contribution is 9.10. The summed E-state index contributed by atoms with van der Waals surface area (Å²) in [6.45, 7) is 10.2. The molecule has 41 heavy (non-hydrogen) atoms. The van der Waals surface area contributed by atoms with Gasteiger partial charge in [-0.2, -0.15) is 5.26 Å². The van der Waals surface area contributed by atoms with E-state index in [-0.39, 0.29) is 28.3 Å². The summed E-state index contributed by atoms with van der Waals surface area (Å²) >= 11 is 5.08. The van der Waals surface area contributed by atoms with Crippen LogP contribution in [0.15, 0.2) is 86.6 Å². The zero-order valence-electron chi connectivity index (χ0n) is 23.9. The minimum absolute atomic E-state index is 0.0273. The second-order valence-corrected chi connectivity index (χ2v) is 13.8. The first-order valence-corrected chi connectivity index (χ1v) is 15.4. The fourth-order valence-corrected chi connectivity index (χ4v) is 7.25. The molecule has 0 aromatic heterocycles. The minimum atomic E-state index is -0.614. The molecule has 3 aromatic rings. The molecule has 0 spiro atoms. The summed E-state index contributed by atoms with van der Waals surface area (Å²) in [5.41, 5.74) is 13.5. The Labute approximate surface area is 254 Å². The summed E-state index contributed by atoms with van der Waals surface area (Å²) in [6.07, 6.45) is 0.874. The van der Waals surface area contributed by atoms with E-state index in [2.05, 4.69) is 72.2 Å². The van der Waals surface area contributed by atoms with Crippen LogP contribution in [0.5, 0.6) is 0 Å². The lowest BCUT2D eigenvalue weighted by molar-refractivity contribution is -0.118. The lowest BCUT2D eigenvalue weighted by atomic mass is 9.68. The van der Waals surface area contributed by atoms with Crippen LogP contribution in [0.25, 0.3) is 0 Å². The number of thioether (sulfide) groups is 1. The number of hydrogen-bond acceptors (Lipinski definition) is 5. The molecular formula is C34H33BrFN3OS. The normalized spacial score (nSPS) is 18.4. The Kier molecular flexibility index (Phi) is 7.93. The van der Waals surface area contributed by atoms with E-state index in [1.54, 1.807) is 28.8 Å². The van der Waals surface area contributed by atoms with Crippen molar-refractivity contribution in [2.75, 3.05) is 4.90 Å². The highest BCUT2D eigenvalue weighted by Gasteiger charge is 2.45. The second kappa shape index (κ2) is 11.2. The molecule has 1 atom stereocenters. The topological polar surface area (TPSA) is 70.1 Å². The van der Waals surface area contributed by atoms with Gasteiger partial charge >= 0.3 is 0 Å². The molecule has 210 valence electrons. The summed E-state index contributed by atoms with van der Waals surface area (Å²) in [6, 6.07) is 19.8. The summed E-state index contributed by atoms with van der Waals surface area (Å²) < 4.78 is 16.0. The van der Waals surface area contributed by atoms with Gasteiger partial charge in [0.15, 0.2) is 5.78 Å². The van der Waals surface area contributed by atoms with Gasteiger partial charge in [-0.1, -0.05) is 65.2 Å². The monoisotopic (exact) mass is 629 g/mol. The summed E-state index contributed by atoms with van der Waals surface area (Å²) in [7, 11) is 0. The highest BCUT2D eigenvalue weighted by Crippen LogP contribution is 2.51. The first-order chi connectivity index (χ1) is 19.4. The molecule has 0 radical (unpaired) electrons. The molecule has 1 aliphatic heterocycles. The van der Waals surface area contributed by atoms with Crippen molar-refractivity contribution < 1.29 is 9.18 Å². The number of hydrogen-bond donors (Lipinski definition) is 1. The number of anilines is 1. The third-order valence-corrected chi connectivity index (χ3v) is 9.51. The molecule has 7 heteroatoms. The summed E-state index contributed by atoms with van der Waals surface area (Å²) in [4.78, 5) is 16.8. The molecule has 2 aliphatic rings. The van der Waals surface area contributed by atoms with E-state index < -0.39 is 11.7 Å². The second-order valence-electron chi connectivity index (χ2n) is 11.8. The first kappa shape index (κ1) is 29.2. The average Bonchev–Trinajstić information content (AvgIpc) is 2.89. The Morgan fingerprint density at radius 1 is 1.07 bits per heavy atom. The van der Waals surface area contributed by atoms with Crippen molar-refractivity contribution in [2.45, 2.75) is 64.0 Å². The molecule has 0 saturated carbocycles. The van der Waals surface area contributed by atoms with Crippen LogP contribution >= 0.6 is 27.7 Å². The highest BCUT2D eigenvalue weighted by atomic mass is 79.9. The number of carbonyl (C=O) groups is 1. The molecule has 0 bridgehead atoms. The quantitative estimate of drug-likeness (QED) is 0.286. The van der Waals surface area contributed by atoms with Crippen molar-refractivity contribution in [2.24, 2.45) is 11.1 Å². The lowest BCUT2D eigenvalue weighted by Crippen LogP contribution is -2.42. The van der Waals surface area contributed by atoms with Crippen molar-refractivity contribution in [3.05, 3.63) is 115 Å².